The summed E-state index contributed by atoms with van der Waals surface area (Å²) in [7, 11) is 0. The van der Waals surface area contributed by atoms with Gasteiger partial charge in [0.25, 0.3) is 0 Å². The number of halogens is 2. The van der Waals surface area contributed by atoms with Gasteiger partial charge in [0.15, 0.2) is 0 Å². The van der Waals surface area contributed by atoms with E-state index in [4.69, 9.17) is 18.0 Å². The molecule has 0 spiro atoms. The molecule has 1 heterocycles. The number of nitrogens with two attached hydrogens (primary N) is 1. The van der Waals surface area contributed by atoms with Crippen molar-refractivity contribution in [2.24, 2.45) is 5.73 Å². The second-order valence-electron chi connectivity index (χ2n) is 4.25. The van der Waals surface area contributed by atoms with E-state index in [1.165, 1.54) is 12.1 Å². The minimum atomic E-state index is -0.570. The molecule has 3 nitrogen and oxygen atoms in total. The molecule has 0 unspecified atom stereocenters. The summed E-state index contributed by atoms with van der Waals surface area (Å²) >= 11 is 4.83. The van der Waals surface area contributed by atoms with Gasteiger partial charge in [-0.3, -0.25) is 0 Å². The molecule has 1 aromatic heterocycles. The van der Waals surface area contributed by atoms with Crippen molar-refractivity contribution in [1.29, 1.82) is 0 Å². The molecule has 0 saturated heterocycles. The van der Waals surface area contributed by atoms with E-state index < -0.39 is 11.6 Å². The van der Waals surface area contributed by atoms with Crippen molar-refractivity contribution in [2.45, 2.75) is 6.42 Å². The lowest BCUT2D eigenvalue weighted by atomic mass is 10.1. The van der Waals surface area contributed by atoms with Crippen LogP contribution in [0, 0.1) is 11.6 Å². The molecule has 2 rings (SSSR count). The number of benzene rings is 1. The average Bonchev–Trinajstić information content (AvgIpc) is 2.38. The average molecular weight is 293 g/mol. The SMILES string of the molecule is NC(=S)c1ccc(NCCc2cc(F)cc(F)c2)nc1. The molecule has 0 aliphatic heterocycles. The fraction of sp³-hybridized carbons (Fsp3) is 0.143. The Morgan fingerprint density at radius 2 is 1.90 bits per heavy atom. The van der Waals surface area contributed by atoms with Crippen molar-refractivity contribution in [3.8, 4) is 0 Å². The summed E-state index contributed by atoms with van der Waals surface area (Å²) in [6.07, 6.45) is 2.07. The third-order valence-corrected chi connectivity index (χ3v) is 2.93. The van der Waals surface area contributed by atoms with Crippen molar-refractivity contribution in [3.05, 3.63) is 59.3 Å². The Morgan fingerprint density at radius 1 is 1.20 bits per heavy atom. The highest BCUT2D eigenvalue weighted by Crippen LogP contribution is 2.09. The Morgan fingerprint density at radius 3 is 2.45 bits per heavy atom. The lowest BCUT2D eigenvalue weighted by Crippen LogP contribution is -2.11. The number of nitrogens with zero attached hydrogens (tertiary/aromatic N) is 1. The number of hydrogen-bond acceptors (Lipinski definition) is 3. The number of hydrogen-bond donors (Lipinski definition) is 2. The van der Waals surface area contributed by atoms with Crippen LogP contribution in [-0.4, -0.2) is 16.5 Å². The molecule has 0 fully saturated rings. The lowest BCUT2D eigenvalue weighted by Gasteiger charge is -2.06. The molecule has 6 heteroatoms. The largest absolute Gasteiger partial charge is 0.389 e. The lowest BCUT2D eigenvalue weighted by molar-refractivity contribution is 0.580. The quantitative estimate of drug-likeness (QED) is 0.832. The van der Waals surface area contributed by atoms with Crippen molar-refractivity contribution in [3.63, 3.8) is 0 Å². The maximum Gasteiger partial charge on any atom is 0.126 e. The van der Waals surface area contributed by atoms with E-state index in [-0.39, 0.29) is 0 Å². The molecule has 0 bridgehead atoms. The number of pyridine rings is 1. The summed E-state index contributed by atoms with van der Waals surface area (Å²) < 4.78 is 26.0. The van der Waals surface area contributed by atoms with Crippen LogP contribution < -0.4 is 11.1 Å². The van der Waals surface area contributed by atoms with Crippen LogP contribution in [-0.2, 0) is 6.42 Å². The Balaban J connectivity index is 1.90. The van der Waals surface area contributed by atoms with Crippen molar-refractivity contribution < 1.29 is 8.78 Å². The van der Waals surface area contributed by atoms with Gasteiger partial charge < -0.3 is 11.1 Å². The molecular weight excluding hydrogens is 280 g/mol. The van der Waals surface area contributed by atoms with Gasteiger partial charge in [0, 0.05) is 24.4 Å². The molecule has 2 aromatic rings. The molecule has 0 amide bonds. The van der Waals surface area contributed by atoms with Crippen LogP contribution in [0.4, 0.5) is 14.6 Å². The minimum absolute atomic E-state index is 0.291. The van der Waals surface area contributed by atoms with Crippen LogP contribution in [0.15, 0.2) is 36.5 Å². The summed E-state index contributed by atoms with van der Waals surface area (Å²) in [6.45, 7) is 0.516. The maximum atomic E-state index is 13.0. The monoisotopic (exact) mass is 293 g/mol. The smallest absolute Gasteiger partial charge is 0.126 e. The number of aromatic nitrogens is 1. The molecule has 0 atom stereocenters. The minimum Gasteiger partial charge on any atom is -0.389 e. The van der Waals surface area contributed by atoms with Gasteiger partial charge in [0.05, 0.1) is 0 Å². The van der Waals surface area contributed by atoms with Crippen LogP contribution in [0.3, 0.4) is 0 Å². The van der Waals surface area contributed by atoms with E-state index in [0.29, 0.717) is 34.9 Å². The molecular formula is C14H13F2N3S. The topological polar surface area (TPSA) is 50.9 Å². The normalized spacial score (nSPS) is 10.3. The van der Waals surface area contributed by atoms with Gasteiger partial charge in [-0.25, -0.2) is 13.8 Å². The molecule has 20 heavy (non-hydrogen) atoms. The molecule has 3 N–H and O–H groups in total. The molecule has 104 valence electrons. The summed E-state index contributed by atoms with van der Waals surface area (Å²) in [6, 6.07) is 7.00. The second kappa shape index (κ2) is 6.38. The van der Waals surface area contributed by atoms with Crippen LogP contribution in [0.2, 0.25) is 0 Å². The van der Waals surface area contributed by atoms with Crippen LogP contribution >= 0.6 is 12.2 Å². The van der Waals surface area contributed by atoms with Crippen molar-refractivity contribution in [1.82, 2.24) is 4.98 Å². The Kier molecular flexibility index (Phi) is 4.57. The molecule has 0 aliphatic rings. The van der Waals surface area contributed by atoms with E-state index in [2.05, 4.69) is 10.3 Å². The first-order valence-electron chi connectivity index (χ1n) is 5.99. The number of rotatable bonds is 5. The number of thiocarbonyl (C=S) groups is 1. The first-order chi connectivity index (χ1) is 9.54. The van der Waals surface area contributed by atoms with Gasteiger partial charge in [-0.2, -0.15) is 0 Å². The van der Waals surface area contributed by atoms with Crippen LogP contribution in [0.25, 0.3) is 0 Å². The first kappa shape index (κ1) is 14.3. The number of anilines is 1. The van der Waals surface area contributed by atoms with E-state index in [9.17, 15) is 8.78 Å². The molecule has 0 saturated carbocycles. The zero-order valence-corrected chi connectivity index (χ0v) is 11.4. The third kappa shape index (κ3) is 3.96. The van der Waals surface area contributed by atoms with Gasteiger partial charge in [-0.1, -0.05) is 12.2 Å². The fourth-order valence-electron chi connectivity index (χ4n) is 1.73. The van der Waals surface area contributed by atoms with Crippen molar-refractivity contribution >= 4 is 23.0 Å². The predicted molar refractivity (Wildman–Crippen MR) is 78.7 cm³/mol. The molecule has 1 aromatic carbocycles. The summed E-state index contributed by atoms with van der Waals surface area (Å²) in [5, 5.41) is 3.06. The van der Waals surface area contributed by atoms with E-state index in [0.717, 1.165) is 6.07 Å². The maximum absolute atomic E-state index is 13.0. The van der Waals surface area contributed by atoms with Crippen LogP contribution in [0.5, 0.6) is 0 Å². The fourth-order valence-corrected chi connectivity index (χ4v) is 1.86. The zero-order valence-electron chi connectivity index (χ0n) is 10.6. The Labute approximate surface area is 120 Å². The highest BCUT2D eigenvalue weighted by molar-refractivity contribution is 7.80. The summed E-state index contributed by atoms with van der Waals surface area (Å²) in [4.78, 5) is 4.43. The molecule has 0 aliphatic carbocycles. The second-order valence-corrected chi connectivity index (χ2v) is 4.69. The van der Waals surface area contributed by atoms with E-state index in [1.807, 2.05) is 0 Å². The van der Waals surface area contributed by atoms with Gasteiger partial charge in [-0.05, 0) is 36.2 Å². The highest BCUT2D eigenvalue weighted by Gasteiger charge is 2.01. The van der Waals surface area contributed by atoms with Crippen LogP contribution in [0.1, 0.15) is 11.1 Å². The third-order valence-electron chi connectivity index (χ3n) is 2.69. The van der Waals surface area contributed by atoms with Gasteiger partial charge in [0.2, 0.25) is 0 Å². The Bertz CT molecular complexity index is 594. The first-order valence-corrected chi connectivity index (χ1v) is 6.40. The van der Waals surface area contributed by atoms with E-state index in [1.54, 1.807) is 18.3 Å². The molecule has 0 radical (unpaired) electrons. The van der Waals surface area contributed by atoms with Gasteiger partial charge in [0.1, 0.15) is 22.4 Å². The zero-order chi connectivity index (χ0) is 14.5. The Hall–Kier alpha value is -2.08. The predicted octanol–water partition coefficient (Wildman–Crippen LogP) is 2.65. The standard InChI is InChI=1S/C14H13F2N3S/c15-11-5-9(6-12(16)7-11)3-4-18-13-2-1-10(8-19-13)14(17)20/h1-2,5-8H,3-4H2,(H2,17,20)(H,18,19). The summed E-state index contributed by atoms with van der Waals surface area (Å²) in [5.74, 6) is -0.486. The summed E-state index contributed by atoms with van der Waals surface area (Å²) in [5.41, 5.74) is 6.75. The highest BCUT2D eigenvalue weighted by atomic mass is 32.1. The van der Waals surface area contributed by atoms with Gasteiger partial charge in [-0.15, -0.1) is 0 Å². The van der Waals surface area contributed by atoms with Crippen molar-refractivity contribution in [2.75, 3.05) is 11.9 Å². The van der Waals surface area contributed by atoms with Gasteiger partial charge >= 0.3 is 0 Å². The number of nitrogens with one attached hydrogen (secondary N) is 1. The van der Waals surface area contributed by atoms with E-state index >= 15 is 0 Å².